The molecule has 88 valence electrons. The predicted octanol–water partition coefficient (Wildman–Crippen LogP) is 1.88. The first-order valence-corrected chi connectivity index (χ1v) is 5.88. The Labute approximate surface area is 97.2 Å². The minimum atomic E-state index is 0.561. The molecule has 1 fully saturated rings. The molecule has 1 unspecified atom stereocenters. The van der Waals surface area contributed by atoms with Crippen molar-refractivity contribution in [3.63, 3.8) is 0 Å². The van der Waals surface area contributed by atoms with Crippen molar-refractivity contribution in [1.29, 1.82) is 0 Å². The summed E-state index contributed by atoms with van der Waals surface area (Å²) in [5, 5.41) is 0. The number of likely N-dealkylation sites (N-methyl/N-ethyl adjacent to an activating group) is 1. The van der Waals surface area contributed by atoms with Crippen LogP contribution in [0, 0.1) is 0 Å². The maximum Gasteiger partial charge on any atom is 0.0621 e. The standard InChI is InChI=1S/C13H20N2O/c1-15(13-3-2-8-16-10-13)9-11-4-6-12(14)7-5-11/h4-7,13H,2-3,8-10,14H2,1H3. The van der Waals surface area contributed by atoms with Crippen molar-refractivity contribution in [3.8, 4) is 0 Å². The van der Waals surface area contributed by atoms with Gasteiger partial charge in [0.2, 0.25) is 0 Å². The van der Waals surface area contributed by atoms with E-state index in [1.165, 1.54) is 18.4 Å². The molecule has 2 rings (SSSR count). The summed E-state index contributed by atoms with van der Waals surface area (Å²) in [5.74, 6) is 0. The van der Waals surface area contributed by atoms with Crippen LogP contribution in [-0.2, 0) is 11.3 Å². The molecular weight excluding hydrogens is 200 g/mol. The van der Waals surface area contributed by atoms with Crippen LogP contribution in [0.2, 0.25) is 0 Å². The van der Waals surface area contributed by atoms with Crippen LogP contribution in [0.1, 0.15) is 18.4 Å². The normalized spacial score (nSPS) is 21.2. The molecule has 2 N–H and O–H groups in total. The van der Waals surface area contributed by atoms with E-state index in [-0.39, 0.29) is 0 Å². The van der Waals surface area contributed by atoms with Crippen molar-refractivity contribution >= 4 is 5.69 Å². The van der Waals surface area contributed by atoms with Crippen molar-refractivity contribution < 1.29 is 4.74 Å². The summed E-state index contributed by atoms with van der Waals surface area (Å²) in [5.41, 5.74) is 7.80. The van der Waals surface area contributed by atoms with E-state index >= 15 is 0 Å². The highest BCUT2D eigenvalue weighted by molar-refractivity contribution is 5.39. The van der Waals surface area contributed by atoms with Gasteiger partial charge in [-0.1, -0.05) is 12.1 Å². The van der Waals surface area contributed by atoms with E-state index in [1.54, 1.807) is 0 Å². The third kappa shape index (κ3) is 2.97. The quantitative estimate of drug-likeness (QED) is 0.790. The average Bonchev–Trinajstić information content (AvgIpc) is 2.33. The molecule has 0 aromatic heterocycles. The lowest BCUT2D eigenvalue weighted by Crippen LogP contribution is -2.37. The Morgan fingerprint density at radius 1 is 1.38 bits per heavy atom. The SMILES string of the molecule is CN(Cc1ccc(N)cc1)C1CCCOC1. The molecule has 1 aliphatic rings. The predicted molar refractivity (Wildman–Crippen MR) is 66.2 cm³/mol. The first kappa shape index (κ1) is 11.4. The lowest BCUT2D eigenvalue weighted by molar-refractivity contribution is 0.0250. The van der Waals surface area contributed by atoms with Gasteiger partial charge in [-0.05, 0) is 37.6 Å². The number of nitrogens with two attached hydrogens (primary N) is 1. The van der Waals surface area contributed by atoms with Crippen LogP contribution in [0.5, 0.6) is 0 Å². The summed E-state index contributed by atoms with van der Waals surface area (Å²) in [6.07, 6.45) is 2.42. The number of nitrogen functional groups attached to an aromatic ring is 1. The molecule has 0 saturated carbocycles. The molecule has 1 aromatic rings. The molecule has 16 heavy (non-hydrogen) atoms. The van der Waals surface area contributed by atoms with Crippen LogP contribution in [0.15, 0.2) is 24.3 Å². The second kappa shape index (κ2) is 5.32. The molecule has 0 aliphatic carbocycles. The zero-order valence-electron chi connectivity index (χ0n) is 9.86. The van der Waals surface area contributed by atoms with Crippen molar-refractivity contribution in [2.24, 2.45) is 0 Å². The summed E-state index contributed by atoms with van der Waals surface area (Å²) in [7, 11) is 2.16. The summed E-state index contributed by atoms with van der Waals surface area (Å²) in [6, 6.07) is 8.66. The molecular formula is C13H20N2O. The Bertz CT molecular complexity index is 317. The van der Waals surface area contributed by atoms with Gasteiger partial charge in [0.1, 0.15) is 0 Å². The van der Waals surface area contributed by atoms with Gasteiger partial charge >= 0.3 is 0 Å². The van der Waals surface area contributed by atoms with Gasteiger partial charge in [0, 0.05) is 24.9 Å². The van der Waals surface area contributed by atoms with Crippen molar-refractivity contribution in [3.05, 3.63) is 29.8 Å². The Morgan fingerprint density at radius 3 is 2.75 bits per heavy atom. The Morgan fingerprint density at radius 2 is 2.12 bits per heavy atom. The molecule has 1 aromatic carbocycles. The van der Waals surface area contributed by atoms with Crippen molar-refractivity contribution in [1.82, 2.24) is 4.90 Å². The van der Waals surface area contributed by atoms with Gasteiger partial charge in [0.25, 0.3) is 0 Å². The number of hydrogen-bond donors (Lipinski definition) is 1. The maximum atomic E-state index is 5.67. The number of rotatable bonds is 3. The van der Waals surface area contributed by atoms with Crippen LogP contribution in [0.25, 0.3) is 0 Å². The zero-order valence-corrected chi connectivity index (χ0v) is 9.86. The highest BCUT2D eigenvalue weighted by Crippen LogP contribution is 2.15. The maximum absolute atomic E-state index is 5.67. The molecule has 0 radical (unpaired) electrons. The molecule has 0 bridgehead atoms. The molecule has 1 heterocycles. The Balaban J connectivity index is 1.90. The summed E-state index contributed by atoms with van der Waals surface area (Å²) < 4.78 is 5.50. The third-order valence-corrected chi connectivity index (χ3v) is 3.17. The fourth-order valence-corrected chi connectivity index (χ4v) is 2.11. The summed E-state index contributed by atoms with van der Waals surface area (Å²) >= 11 is 0. The zero-order chi connectivity index (χ0) is 11.4. The second-order valence-corrected chi connectivity index (χ2v) is 4.53. The van der Waals surface area contributed by atoms with Crippen molar-refractivity contribution in [2.75, 3.05) is 26.0 Å². The number of ether oxygens (including phenoxy) is 1. The lowest BCUT2D eigenvalue weighted by Gasteiger charge is -2.31. The van der Waals surface area contributed by atoms with Crippen LogP contribution in [0.4, 0.5) is 5.69 Å². The lowest BCUT2D eigenvalue weighted by atomic mass is 10.1. The monoisotopic (exact) mass is 220 g/mol. The fourth-order valence-electron chi connectivity index (χ4n) is 2.11. The van der Waals surface area contributed by atoms with E-state index < -0.39 is 0 Å². The number of benzene rings is 1. The molecule has 3 nitrogen and oxygen atoms in total. The van der Waals surface area contributed by atoms with Gasteiger partial charge < -0.3 is 10.5 Å². The Kier molecular flexibility index (Phi) is 3.80. The van der Waals surface area contributed by atoms with E-state index in [1.807, 2.05) is 12.1 Å². The minimum absolute atomic E-state index is 0.561. The largest absolute Gasteiger partial charge is 0.399 e. The number of anilines is 1. The fraction of sp³-hybridized carbons (Fsp3) is 0.538. The minimum Gasteiger partial charge on any atom is -0.399 e. The average molecular weight is 220 g/mol. The summed E-state index contributed by atoms with van der Waals surface area (Å²) in [4.78, 5) is 2.37. The molecule has 1 saturated heterocycles. The summed E-state index contributed by atoms with van der Waals surface area (Å²) in [6.45, 7) is 2.76. The molecule has 0 amide bonds. The van der Waals surface area contributed by atoms with Gasteiger partial charge in [-0.2, -0.15) is 0 Å². The van der Waals surface area contributed by atoms with E-state index in [4.69, 9.17) is 10.5 Å². The third-order valence-electron chi connectivity index (χ3n) is 3.17. The topological polar surface area (TPSA) is 38.5 Å². The Hall–Kier alpha value is -1.06. The molecule has 1 aliphatic heterocycles. The molecule has 3 heteroatoms. The van der Waals surface area contributed by atoms with E-state index in [0.29, 0.717) is 6.04 Å². The smallest absolute Gasteiger partial charge is 0.0621 e. The van der Waals surface area contributed by atoms with E-state index in [0.717, 1.165) is 25.4 Å². The van der Waals surface area contributed by atoms with Crippen LogP contribution in [-0.4, -0.2) is 31.2 Å². The van der Waals surface area contributed by atoms with Gasteiger partial charge in [-0.3, -0.25) is 4.90 Å². The van der Waals surface area contributed by atoms with Crippen LogP contribution >= 0.6 is 0 Å². The second-order valence-electron chi connectivity index (χ2n) is 4.53. The van der Waals surface area contributed by atoms with Gasteiger partial charge in [0.15, 0.2) is 0 Å². The molecule has 1 atom stereocenters. The highest BCUT2D eigenvalue weighted by Gasteiger charge is 2.18. The van der Waals surface area contributed by atoms with Crippen LogP contribution < -0.4 is 5.73 Å². The number of nitrogens with zero attached hydrogens (tertiary/aromatic N) is 1. The van der Waals surface area contributed by atoms with Gasteiger partial charge in [0.05, 0.1) is 6.61 Å². The van der Waals surface area contributed by atoms with Gasteiger partial charge in [-0.15, -0.1) is 0 Å². The van der Waals surface area contributed by atoms with Gasteiger partial charge in [-0.25, -0.2) is 0 Å². The first-order valence-electron chi connectivity index (χ1n) is 5.88. The molecule has 0 spiro atoms. The highest BCUT2D eigenvalue weighted by atomic mass is 16.5. The van der Waals surface area contributed by atoms with E-state index in [9.17, 15) is 0 Å². The van der Waals surface area contributed by atoms with Crippen molar-refractivity contribution in [2.45, 2.75) is 25.4 Å². The van der Waals surface area contributed by atoms with E-state index in [2.05, 4.69) is 24.1 Å². The number of hydrogen-bond acceptors (Lipinski definition) is 3. The first-order chi connectivity index (χ1) is 7.75. The van der Waals surface area contributed by atoms with Crippen LogP contribution in [0.3, 0.4) is 0 Å².